The third-order valence-electron chi connectivity index (χ3n) is 2.92. The van der Waals surface area contributed by atoms with Gasteiger partial charge in [-0.05, 0) is 46.2 Å². The summed E-state index contributed by atoms with van der Waals surface area (Å²) >= 11 is 0. The van der Waals surface area contributed by atoms with Gasteiger partial charge in [-0.15, -0.1) is 0 Å². The summed E-state index contributed by atoms with van der Waals surface area (Å²) in [5.41, 5.74) is 0.687. The van der Waals surface area contributed by atoms with E-state index in [1.54, 1.807) is 0 Å². The first-order valence-electron chi connectivity index (χ1n) is 5.14. The zero-order chi connectivity index (χ0) is 10.6. The van der Waals surface area contributed by atoms with E-state index in [0.717, 1.165) is 25.9 Å². The summed E-state index contributed by atoms with van der Waals surface area (Å²) in [4.78, 5) is 11.2. The topological polar surface area (TPSA) is 49.3 Å². The second kappa shape index (κ2) is 4.60. The zero-order valence-electron chi connectivity index (χ0n) is 8.97. The van der Waals surface area contributed by atoms with Crippen LogP contribution in [0.5, 0.6) is 0 Å². The van der Waals surface area contributed by atoms with E-state index in [9.17, 15) is 9.90 Å². The Morgan fingerprint density at radius 3 is 2.43 bits per heavy atom. The van der Waals surface area contributed by atoms with Gasteiger partial charge in [-0.25, -0.2) is 0 Å². The van der Waals surface area contributed by atoms with Gasteiger partial charge >= 0.3 is 5.97 Å². The van der Waals surface area contributed by atoms with E-state index in [4.69, 9.17) is 0 Å². The fourth-order valence-electron chi connectivity index (χ4n) is 1.81. The highest BCUT2D eigenvalue weighted by molar-refractivity contribution is 5.75. The van der Waals surface area contributed by atoms with Crippen molar-refractivity contribution in [2.75, 3.05) is 13.1 Å². The quantitative estimate of drug-likeness (QED) is 0.678. The van der Waals surface area contributed by atoms with Crippen molar-refractivity contribution in [2.24, 2.45) is 5.41 Å². The Balaban J connectivity index is 2.70. The summed E-state index contributed by atoms with van der Waals surface area (Å²) in [6.07, 6.45) is 4.20. The van der Waals surface area contributed by atoms with E-state index in [0.29, 0.717) is 6.42 Å². The molecule has 0 aliphatic carbocycles. The fourth-order valence-corrected chi connectivity index (χ4v) is 1.81. The van der Waals surface area contributed by atoms with Crippen LogP contribution >= 0.6 is 0 Å². The van der Waals surface area contributed by atoms with E-state index < -0.39 is 11.4 Å². The van der Waals surface area contributed by atoms with E-state index in [1.165, 1.54) is 5.57 Å². The van der Waals surface area contributed by atoms with E-state index in [2.05, 4.69) is 5.32 Å². The van der Waals surface area contributed by atoms with Crippen molar-refractivity contribution in [2.45, 2.75) is 33.1 Å². The number of hydrogen-bond acceptors (Lipinski definition) is 2. The molecule has 80 valence electrons. The lowest BCUT2D eigenvalue weighted by Gasteiger charge is -2.32. The minimum Gasteiger partial charge on any atom is -0.481 e. The van der Waals surface area contributed by atoms with Gasteiger partial charge < -0.3 is 10.4 Å². The second-order valence-electron chi connectivity index (χ2n) is 4.32. The van der Waals surface area contributed by atoms with Crippen LogP contribution in [-0.4, -0.2) is 24.2 Å². The number of hydrogen-bond donors (Lipinski definition) is 2. The first-order chi connectivity index (χ1) is 6.57. The molecule has 3 nitrogen and oxygen atoms in total. The number of carbonyl (C=O) groups is 1. The van der Waals surface area contributed by atoms with Crippen LogP contribution in [0.4, 0.5) is 0 Å². The summed E-state index contributed by atoms with van der Waals surface area (Å²) in [6.45, 7) is 5.67. The lowest BCUT2D eigenvalue weighted by Crippen LogP contribution is -2.41. The lowest BCUT2D eigenvalue weighted by molar-refractivity contribution is -0.150. The second-order valence-corrected chi connectivity index (χ2v) is 4.32. The van der Waals surface area contributed by atoms with Gasteiger partial charge in [-0.2, -0.15) is 0 Å². The molecule has 0 amide bonds. The normalized spacial score (nSPS) is 20.1. The van der Waals surface area contributed by atoms with Gasteiger partial charge in [0.1, 0.15) is 0 Å². The number of nitrogens with one attached hydrogen (secondary N) is 1. The molecule has 14 heavy (non-hydrogen) atoms. The molecular formula is C11H19NO2. The van der Waals surface area contributed by atoms with Crippen molar-refractivity contribution >= 4 is 5.97 Å². The molecule has 1 fully saturated rings. The smallest absolute Gasteiger partial charge is 0.310 e. The maximum atomic E-state index is 11.2. The molecule has 0 radical (unpaired) electrons. The predicted octanol–water partition coefficient (Wildman–Crippen LogP) is 1.80. The largest absolute Gasteiger partial charge is 0.481 e. The summed E-state index contributed by atoms with van der Waals surface area (Å²) in [5, 5.41) is 12.4. The van der Waals surface area contributed by atoms with Crippen LogP contribution in [0.3, 0.4) is 0 Å². The standard InChI is InChI=1S/C11H19NO2/c1-9(2)3-4-11(10(13)14)5-7-12-8-6-11/h3,12H,4-8H2,1-2H3,(H,13,14). The molecule has 0 atom stereocenters. The minimum atomic E-state index is -0.642. The molecule has 1 rings (SSSR count). The molecule has 1 aliphatic rings. The van der Waals surface area contributed by atoms with Crippen molar-refractivity contribution in [3.8, 4) is 0 Å². The third kappa shape index (κ3) is 2.58. The fraction of sp³-hybridized carbons (Fsp3) is 0.727. The van der Waals surface area contributed by atoms with E-state index >= 15 is 0 Å². The molecule has 2 N–H and O–H groups in total. The van der Waals surface area contributed by atoms with Crippen LogP contribution in [0, 0.1) is 5.41 Å². The highest BCUT2D eigenvalue weighted by Crippen LogP contribution is 2.33. The maximum Gasteiger partial charge on any atom is 0.310 e. The first-order valence-corrected chi connectivity index (χ1v) is 5.14. The molecule has 0 saturated carbocycles. The molecule has 1 aliphatic heterocycles. The van der Waals surface area contributed by atoms with Gasteiger partial charge in [-0.3, -0.25) is 4.79 Å². The average molecular weight is 197 g/mol. The minimum absolute atomic E-state index is 0.511. The third-order valence-corrected chi connectivity index (χ3v) is 2.92. The lowest BCUT2D eigenvalue weighted by atomic mass is 9.76. The van der Waals surface area contributed by atoms with Crippen molar-refractivity contribution in [1.29, 1.82) is 0 Å². The molecule has 0 bridgehead atoms. The SMILES string of the molecule is CC(C)=CCC1(C(=O)O)CCNCC1. The van der Waals surface area contributed by atoms with Crippen molar-refractivity contribution in [1.82, 2.24) is 5.32 Å². The predicted molar refractivity (Wildman–Crippen MR) is 56.2 cm³/mol. The summed E-state index contributed by atoms with van der Waals surface area (Å²) in [5.74, 6) is -0.642. The van der Waals surface area contributed by atoms with Gasteiger partial charge in [0.2, 0.25) is 0 Å². The van der Waals surface area contributed by atoms with Crippen LogP contribution in [-0.2, 0) is 4.79 Å². The average Bonchev–Trinajstić information content (AvgIpc) is 2.16. The number of carboxylic acids is 1. The Kier molecular flexibility index (Phi) is 3.69. The Hall–Kier alpha value is -0.830. The van der Waals surface area contributed by atoms with Gasteiger partial charge in [-0.1, -0.05) is 11.6 Å². The first kappa shape index (κ1) is 11.2. The van der Waals surface area contributed by atoms with E-state index in [-0.39, 0.29) is 0 Å². The highest BCUT2D eigenvalue weighted by Gasteiger charge is 2.38. The number of piperidine rings is 1. The molecule has 1 saturated heterocycles. The summed E-state index contributed by atoms with van der Waals surface area (Å²) < 4.78 is 0. The molecule has 0 spiro atoms. The molecule has 0 aromatic rings. The monoisotopic (exact) mass is 197 g/mol. The highest BCUT2D eigenvalue weighted by atomic mass is 16.4. The molecular weight excluding hydrogens is 178 g/mol. The van der Waals surface area contributed by atoms with Gasteiger partial charge in [0.05, 0.1) is 5.41 Å². The Labute approximate surface area is 85.2 Å². The van der Waals surface area contributed by atoms with Crippen molar-refractivity contribution < 1.29 is 9.90 Å². The maximum absolute atomic E-state index is 11.2. The number of carboxylic acid groups (broad SMARTS) is 1. The number of rotatable bonds is 3. The van der Waals surface area contributed by atoms with Gasteiger partial charge in [0.25, 0.3) is 0 Å². The van der Waals surface area contributed by atoms with E-state index in [1.807, 2.05) is 19.9 Å². The molecule has 3 heteroatoms. The number of aliphatic carboxylic acids is 1. The Bertz CT molecular complexity index is 236. The van der Waals surface area contributed by atoms with Crippen LogP contribution in [0.25, 0.3) is 0 Å². The zero-order valence-corrected chi connectivity index (χ0v) is 8.97. The van der Waals surface area contributed by atoms with Gasteiger partial charge in [0, 0.05) is 0 Å². The summed E-state index contributed by atoms with van der Waals surface area (Å²) in [6, 6.07) is 0. The molecule has 1 heterocycles. The van der Waals surface area contributed by atoms with Crippen LogP contribution in [0.1, 0.15) is 33.1 Å². The Morgan fingerprint density at radius 2 is 2.00 bits per heavy atom. The van der Waals surface area contributed by atoms with Crippen molar-refractivity contribution in [3.05, 3.63) is 11.6 Å². The molecule has 0 unspecified atom stereocenters. The van der Waals surface area contributed by atoms with Crippen LogP contribution < -0.4 is 5.32 Å². The van der Waals surface area contributed by atoms with Crippen LogP contribution in [0.15, 0.2) is 11.6 Å². The Morgan fingerprint density at radius 1 is 1.43 bits per heavy atom. The molecule has 0 aromatic carbocycles. The number of allylic oxidation sites excluding steroid dienone is 2. The molecule has 0 aromatic heterocycles. The van der Waals surface area contributed by atoms with Gasteiger partial charge in [0.15, 0.2) is 0 Å². The van der Waals surface area contributed by atoms with Crippen LogP contribution in [0.2, 0.25) is 0 Å². The van der Waals surface area contributed by atoms with Crippen molar-refractivity contribution in [3.63, 3.8) is 0 Å². The summed E-state index contributed by atoms with van der Waals surface area (Å²) in [7, 11) is 0.